The first-order valence-corrected chi connectivity index (χ1v) is 6.40. The summed E-state index contributed by atoms with van der Waals surface area (Å²) in [5, 5.41) is 10.1. The Bertz CT molecular complexity index is 166. The lowest BCUT2D eigenvalue weighted by Gasteiger charge is -2.32. The van der Waals surface area contributed by atoms with Gasteiger partial charge in [-0.2, -0.15) is 0 Å². The van der Waals surface area contributed by atoms with E-state index in [1.165, 1.54) is 45.2 Å². The van der Waals surface area contributed by atoms with E-state index in [-0.39, 0.29) is 11.5 Å². The second-order valence-electron chi connectivity index (χ2n) is 5.95. The number of hydrogen-bond donors (Lipinski definition) is 1. The highest BCUT2D eigenvalue weighted by Gasteiger charge is 2.24. The van der Waals surface area contributed by atoms with Crippen LogP contribution in [0.5, 0.6) is 0 Å². The fraction of sp³-hybridized carbons (Fsp3) is 1.00. The molecule has 2 heteroatoms. The number of aliphatic hydroxyl groups is 1. The predicted molar refractivity (Wildman–Crippen MR) is 65.0 cm³/mol. The van der Waals surface area contributed by atoms with Gasteiger partial charge >= 0.3 is 0 Å². The molecule has 1 aliphatic rings. The molecular weight excluding hydrogens is 186 g/mol. The Balaban J connectivity index is 2.34. The maximum atomic E-state index is 10.1. The van der Waals surface area contributed by atoms with E-state index in [1.54, 1.807) is 0 Å². The van der Waals surface area contributed by atoms with E-state index >= 15 is 0 Å². The monoisotopic (exact) mass is 213 g/mol. The summed E-state index contributed by atoms with van der Waals surface area (Å²) >= 11 is 0. The van der Waals surface area contributed by atoms with Crippen molar-refractivity contribution in [1.82, 2.24) is 4.90 Å². The molecule has 1 aliphatic heterocycles. The van der Waals surface area contributed by atoms with Gasteiger partial charge in [0.1, 0.15) is 0 Å². The average molecular weight is 213 g/mol. The Labute approximate surface area is 94.7 Å². The summed E-state index contributed by atoms with van der Waals surface area (Å²) in [5.74, 6) is 0. The lowest BCUT2D eigenvalue weighted by atomic mass is 9.88. The van der Waals surface area contributed by atoms with Crippen LogP contribution in [0.4, 0.5) is 0 Å². The summed E-state index contributed by atoms with van der Waals surface area (Å²) in [6, 6.07) is 0. The molecule has 15 heavy (non-hydrogen) atoms. The van der Waals surface area contributed by atoms with Gasteiger partial charge in [0.25, 0.3) is 0 Å². The Morgan fingerprint density at radius 1 is 1.00 bits per heavy atom. The van der Waals surface area contributed by atoms with Gasteiger partial charge in [-0.3, -0.25) is 0 Å². The molecule has 0 aromatic carbocycles. The van der Waals surface area contributed by atoms with Gasteiger partial charge in [-0.05, 0) is 31.3 Å². The smallest absolute Gasteiger partial charge is 0.0715 e. The van der Waals surface area contributed by atoms with E-state index in [0.29, 0.717) is 0 Å². The fourth-order valence-corrected chi connectivity index (χ4v) is 2.01. The first-order valence-electron chi connectivity index (χ1n) is 6.40. The summed E-state index contributed by atoms with van der Waals surface area (Å²) in [4.78, 5) is 2.44. The van der Waals surface area contributed by atoms with Crippen molar-refractivity contribution in [3.05, 3.63) is 0 Å². The van der Waals surface area contributed by atoms with Gasteiger partial charge in [-0.1, -0.05) is 40.0 Å². The predicted octanol–water partition coefficient (Wildman–Crippen LogP) is 2.66. The number of hydrogen-bond acceptors (Lipinski definition) is 2. The molecule has 0 radical (unpaired) electrons. The van der Waals surface area contributed by atoms with Gasteiger partial charge in [0.2, 0.25) is 0 Å². The lowest BCUT2D eigenvalue weighted by molar-refractivity contribution is 0.0264. The largest absolute Gasteiger partial charge is 0.391 e. The Morgan fingerprint density at radius 3 is 1.93 bits per heavy atom. The van der Waals surface area contributed by atoms with E-state index in [1.807, 2.05) is 0 Å². The van der Waals surface area contributed by atoms with Gasteiger partial charge in [0, 0.05) is 6.54 Å². The van der Waals surface area contributed by atoms with Gasteiger partial charge < -0.3 is 10.0 Å². The summed E-state index contributed by atoms with van der Waals surface area (Å²) < 4.78 is 0. The molecule has 90 valence electrons. The van der Waals surface area contributed by atoms with Crippen LogP contribution in [-0.2, 0) is 0 Å². The highest BCUT2D eigenvalue weighted by molar-refractivity contribution is 4.77. The Hall–Kier alpha value is -0.0800. The van der Waals surface area contributed by atoms with Gasteiger partial charge in [0.05, 0.1) is 6.10 Å². The normalized spacial score (nSPS) is 23.2. The minimum absolute atomic E-state index is 0.0162. The number of rotatable bonds is 2. The summed E-state index contributed by atoms with van der Waals surface area (Å²) in [5.41, 5.74) is 0.0162. The zero-order chi connectivity index (χ0) is 11.3. The van der Waals surface area contributed by atoms with Crippen molar-refractivity contribution in [2.24, 2.45) is 5.41 Å². The minimum Gasteiger partial charge on any atom is -0.391 e. The van der Waals surface area contributed by atoms with Crippen LogP contribution < -0.4 is 0 Å². The zero-order valence-corrected chi connectivity index (χ0v) is 10.6. The lowest BCUT2D eigenvalue weighted by Crippen LogP contribution is -2.40. The quantitative estimate of drug-likeness (QED) is 0.762. The third kappa shape index (κ3) is 4.98. The van der Waals surface area contributed by atoms with Crippen LogP contribution in [0.3, 0.4) is 0 Å². The van der Waals surface area contributed by atoms with E-state index < -0.39 is 0 Å². The molecule has 1 fully saturated rings. The molecule has 1 rings (SSSR count). The second kappa shape index (κ2) is 5.86. The van der Waals surface area contributed by atoms with Crippen LogP contribution >= 0.6 is 0 Å². The zero-order valence-electron chi connectivity index (χ0n) is 10.6. The van der Waals surface area contributed by atoms with Crippen molar-refractivity contribution < 1.29 is 5.11 Å². The molecular formula is C13H27NO. The van der Waals surface area contributed by atoms with Crippen molar-refractivity contribution in [2.75, 3.05) is 19.6 Å². The number of nitrogens with zero attached hydrogens (tertiary/aromatic N) is 1. The molecule has 1 saturated heterocycles. The fourth-order valence-electron chi connectivity index (χ4n) is 2.01. The molecule has 2 nitrogen and oxygen atoms in total. The standard InChI is InChI=1S/C13H27NO/c1-13(2,3)12(15)11-14-9-7-5-4-6-8-10-14/h12,15H,4-11H2,1-3H3. The van der Waals surface area contributed by atoms with Gasteiger partial charge in [-0.15, -0.1) is 0 Å². The number of aliphatic hydroxyl groups excluding tert-OH is 1. The average Bonchev–Trinajstić information content (AvgIpc) is 2.07. The van der Waals surface area contributed by atoms with E-state index in [4.69, 9.17) is 0 Å². The van der Waals surface area contributed by atoms with Crippen molar-refractivity contribution in [1.29, 1.82) is 0 Å². The van der Waals surface area contributed by atoms with Crippen LogP contribution in [0.25, 0.3) is 0 Å². The molecule has 0 aromatic heterocycles. The first kappa shape index (κ1) is 13.0. The Kier molecular flexibility index (Phi) is 5.07. The first-order chi connectivity index (χ1) is 7.00. The summed E-state index contributed by atoms with van der Waals surface area (Å²) in [6.07, 6.45) is 6.53. The molecule has 1 N–H and O–H groups in total. The highest BCUT2D eigenvalue weighted by atomic mass is 16.3. The third-order valence-electron chi connectivity index (χ3n) is 3.38. The molecule has 1 heterocycles. The minimum atomic E-state index is -0.197. The summed E-state index contributed by atoms with van der Waals surface area (Å²) in [7, 11) is 0. The Morgan fingerprint density at radius 2 is 1.47 bits per heavy atom. The van der Waals surface area contributed by atoms with E-state index in [2.05, 4.69) is 25.7 Å². The van der Waals surface area contributed by atoms with Crippen molar-refractivity contribution in [2.45, 2.75) is 59.0 Å². The third-order valence-corrected chi connectivity index (χ3v) is 3.38. The second-order valence-corrected chi connectivity index (χ2v) is 5.95. The molecule has 0 aromatic rings. The molecule has 0 saturated carbocycles. The number of likely N-dealkylation sites (tertiary alicyclic amines) is 1. The molecule has 0 aliphatic carbocycles. The van der Waals surface area contributed by atoms with Gasteiger partial charge in [-0.25, -0.2) is 0 Å². The topological polar surface area (TPSA) is 23.5 Å². The van der Waals surface area contributed by atoms with Crippen LogP contribution in [0.2, 0.25) is 0 Å². The molecule has 0 bridgehead atoms. The van der Waals surface area contributed by atoms with Gasteiger partial charge in [0.15, 0.2) is 0 Å². The molecule has 1 atom stereocenters. The van der Waals surface area contributed by atoms with Crippen molar-refractivity contribution >= 4 is 0 Å². The van der Waals surface area contributed by atoms with E-state index in [9.17, 15) is 5.11 Å². The van der Waals surface area contributed by atoms with Crippen LogP contribution in [0.1, 0.15) is 52.9 Å². The number of β-amino-alcohol motifs (C(OH)–C–C–N with tert-alkyl or cyclic N) is 1. The van der Waals surface area contributed by atoms with Crippen molar-refractivity contribution in [3.8, 4) is 0 Å². The molecule has 1 unspecified atom stereocenters. The van der Waals surface area contributed by atoms with Crippen LogP contribution in [0.15, 0.2) is 0 Å². The SMILES string of the molecule is CC(C)(C)C(O)CN1CCCCCCC1. The molecule has 0 spiro atoms. The summed E-state index contributed by atoms with van der Waals surface area (Å²) in [6.45, 7) is 9.54. The van der Waals surface area contributed by atoms with Crippen LogP contribution in [0, 0.1) is 5.41 Å². The highest BCUT2D eigenvalue weighted by Crippen LogP contribution is 2.21. The maximum Gasteiger partial charge on any atom is 0.0715 e. The van der Waals surface area contributed by atoms with Crippen LogP contribution in [-0.4, -0.2) is 35.7 Å². The maximum absolute atomic E-state index is 10.1. The van der Waals surface area contributed by atoms with E-state index in [0.717, 1.165) is 6.54 Å². The van der Waals surface area contributed by atoms with Crippen molar-refractivity contribution in [3.63, 3.8) is 0 Å². The molecule has 0 amide bonds.